The van der Waals surface area contributed by atoms with Gasteiger partial charge in [0.25, 0.3) is 0 Å². The second kappa shape index (κ2) is 5.47. The van der Waals surface area contributed by atoms with Crippen LogP contribution < -0.4 is 5.32 Å². The van der Waals surface area contributed by atoms with Gasteiger partial charge in [-0.3, -0.25) is 4.68 Å². The molecule has 0 aliphatic carbocycles. The number of nitrogens with zero attached hydrogens (tertiary/aromatic N) is 2. The van der Waals surface area contributed by atoms with E-state index < -0.39 is 0 Å². The van der Waals surface area contributed by atoms with Gasteiger partial charge in [-0.1, -0.05) is 0 Å². The first-order valence-corrected chi connectivity index (χ1v) is 6.86. The minimum atomic E-state index is 0.433. The minimum Gasteiger partial charge on any atom is -0.308 e. The fourth-order valence-electron chi connectivity index (χ4n) is 1.66. The molecule has 0 aliphatic rings. The Kier molecular flexibility index (Phi) is 3.97. The molecular formula is C13H19N3S. The smallest absolute Gasteiger partial charge is 0.0534 e. The summed E-state index contributed by atoms with van der Waals surface area (Å²) >= 11 is 1.76. The van der Waals surface area contributed by atoms with Gasteiger partial charge in [0.15, 0.2) is 0 Å². The van der Waals surface area contributed by atoms with Crippen LogP contribution in [0.4, 0.5) is 0 Å². The van der Waals surface area contributed by atoms with Crippen LogP contribution in [-0.2, 0) is 13.1 Å². The molecule has 0 aliphatic heterocycles. The molecule has 92 valence electrons. The van der Waals surface area contributed by atoms with Gasteiger partial charge >= 0.3 is 0 Å². The number of nitrogens with one attached hydrogen (secondary N) is 1. The lowest BCUT2D eigenvalue weighted by atomic mass is 10.2. The van der Waals surface area contributed by atoms with Crippen molar-refractivity contribution in [3.8, 4) is 0 Å². The second-order valence-corrected chi connectivity index (χ2v) is 5.35. The van der Waals surface area contributed by atoms with E-state index in [2.05, 4.69) is 48.1 Å². The maximum atomic E-state index is 4.33. The highest BCUT2D eigenvalue weighted by Crippen LogP contribution is 2.13. The van der Waals surface area contributed by atoms with E-state index in [4.69, 9.17) is 0 Å². The van der Waals surface area contributed by atoms with Crippen molar-refractivity contribution in [1.82, 2.24) is 15.1 Å². The lowest BCUT2D eigenvalue weighted by Crippen LogP contribution is -2.12. The highest BCUT2D eigenvalue weighted by Gasteiger charge is 2.02. The molecule has 3 nitrogen and oxygen atoms in total. The van der Waals surface area contributed by atoms with Crippen LogP contribution in [0.1, 0.15) is 36.6 Å². The normalized spacial score (nSPS) is 11.3. The Bertz CT molecular complexity index is 470. The first-order chi connectivity index (χ1) is 8.16. The third kappa shape index (κ3) is 3.17. The van der Waals surface area contributed by atoms with Crippen LogP contribution in [0.5, 0.6) is 0 Å². The van der Waals surface area contributed by atoms with E-state index in [-0.39, 0.29) is 0 Å². The van der Waals surface area contributed by atoms with E-state index in [9.17, 15) is 0 Å². The van der Waals surface area contributed by atoms with Crippen molar-refractivity contribution < 1.29 is 0 Å². The molecule has 0 unspecified atom stereocenters. The maximum absolute atomic E-state index is 4.33. The zero-order valence-electron chi connectivity index (χ0n) is 10.6. The first-order valence-electron chi connectivity index (χ1n) is 5.92. The molecule has 0 saturated heterocycles. The summed E-state index contributed by atoms with van der Waals surface area (Å²) in [4.78, 5) is 0. The van der Waals surface area contributed by atoms with Crippen molar-refractivity contribution in [3.05, 3.63) is 39.8 Å². The molecule has 0 bridgehead atoms. The molecule has 0 aromatic carbocycles. The molecule has 0 fully saturated rings. The average molecular weight is 249 g/mol. The van der Waals surface area contributed by atoms with Crippen LogP contribution in [0.25, 0.3) is 0 Å². The molecule has 17 heavy (non-hydrogen) atoms. The SMILES string of the molecule is Cc1cscc1CNCc1cnn(C(C)C)c1. The van der Waals surface area contributed by atoms with Crippen LogP contribution in [0.3, 0.4) is 0 Å². The van der Waals surface area contributed by atoms with Crippen molar-refractivity contribution in [2.24, 2.45) is 0 Å². The van der Waals surface area contributed by atoms with Crippen molar-refractivity contribution in [2.45, 2.75) is 39.9 Å². The second-order valence-electron chi connectivity index (χ2n) is 4.61. The van der Waals surface area contributed by atoms with E-state index >= 15 is 0 Å². The molecule has 2 heterocycles. The van der Waals surface area contributed by atoms with Crippen LogP contribution in [-0.4, -0.2) is 9.78 Å². The zero-order valence-corrected chi connectivity index (χ0v) is 11.4. The first kappa shape index (κ1) is 12.3. The van der Waals surface area contributed by atoms with Gasteiger partial charge in [-0.25, -0.2) is 0 Å². The standard InChI is InChI=1S/C13H19N3S/c1-10(2)16-7-12(5-15-16)4-14-6-13-9-17-8-11(13)3/h5,7-10,14H,4,6H2,1-3H3. The van der Waals surface area contributed by atoms with Crippen LogP contribution in [0, 0.1) is 6.92 Å². The Hall–Kier alpha value is -1.13. The quantitative estimate of drug-likeness (QED) is 0.882. The van der Waals surface area contributed by atoms with Gasteiger partial charge in [0, 0.05) is 30.9 Å². The number of thiophene rings is 1. The monoisotopic (exact) mass is 249 g/mol. The fourth-order valence-corrected chi connectivity index (χ4v) is 2.52. The van der Waals surface area contributed by atoms with Gasteiger partial charge in [-0.15, -0.1) is 0 Å². The molecule has 0 saturated carbocycles. The predicted molar refractivity (Wildman–Crippen MR) is 72.2 cm³/mol. The van der Waals surface area contributed by atoms with E-state index in [0.717, 1.165) is 13.1 Å². The number of rotatable bonds is 5. The van der Waals surface area contributed by atoms with E-state index in [1.807, 2.05) is 10.9 Å². The Morgan fingerprint density at radius 3 is 2.76 bits per heavy atom. The highest BCUT2D eigenvalue weighted by atomic mass is 32.1. The third-order valence-electron chi connectivity index (χ3n) is 2.79. The highest BCUT2D eigenvalue weighted by molar-refractivity contribution is 7.08. The molecule has 1 N–H and O–H groups in total. The largest absolute Gasteiger partial charge is 0.308 e. The van der Waals surface area contributed by atoms with E-state index in [1.165, 1.54) is 16.7 Å². The van der Waals surface area contributed by atoms with Crippen LogP contribution >= 0.6 is 11.3 Å². The Morgan fingerprint density at radius 1 is 1.35 bits per heavy atom. The molecule has 0 radical (unpaired) electrons. The van der Waals surface area contributed by atoms with E-state index in [1.54, 1.807) is 11.3 Å². The van der Waals surface area contributed by atoms with Crippen molar-refractivity contribution in [3.63, 3.8) is 0 Å². The summed E-state index contributed by atoms with van der Waals surface area (Å²) in [5.74, 6) is 0. The average Bonchev–Trinajstić information content (AvgIpc) is 2.89. The van der Waals surface area contributed by atoms with Crippen molar-refractivity contribution in [1.29, 1.82) is 0 Å². The van der Waals surface area contributed by atoms with Gasteiger partial charge in [0.2, 0.25) is 0 Å². The summed E-state index contributed by atoms with van der Waals surface area (Å²) in [7, 11) is 0. The zero-order chi connectivity index (χ0) is 12.3. The predicted octanol–water partition coefficient (Wildman–Crippen LogP) is 3.12. The van der Waals surface area contributed by atoms with Gasteiger partial charge in [0.05, 0.1) is 6.20 Å². The number of aromatic nitrogens is 2. The van der Waals surface area contributed by atoms with Gasteiger partial charge in [-0.2, -0.15) is 16.4 Å². The summed E-state index contributed by atoms with van der Waals surface area (Å²) in [6, 6.07) is 0.433. The van der Waals surface area contributed by atoms with Crippen molar-refractivity contribution in [2.75, 3.05) is 0 Å². The van der Waals surface area contributed by atoms with Gasteiger partial charge < -0.3 is 5.32 Å². The Balaban J connectivity index is 1.84. The summed E-state index contributed by atoms with van der Waals surface area (Å²) in [6.07, 6.45) is 4.05. The summed E-state index contributed by atoms with van der Waals surface area (Å²) in [6.45, 7) is 8.24. The molecule has 0 amide bonds. The van der Waals surface area contributed by atoms with Crippen molar-refractivity contribution >= 4 is 11.3 Å². The number of aryl methyl sites for hydroxylation is 1. The maximum Gasteiger partial charge on any atom is 0.0534 e. The number of hydrogen-bond donors (Lipinski definition) is 1. The molecule has 0 spiro atoms. The Labute approximate surface area is 106 Å². The fraction of sp³-hybridized carbons (Fsp3) is 0.462. The number of hydrogen-bond acceptors (Lipinski definition) is 3. The minimum absolute atomic E-state index is 0.433. The van der Waals surface area contributed by atoms with Crippen LogP contribution in [0.2, 0.25) is 0 Å². The van der Waals surface area contributed by atoms with Gasteiger partial charge in [0.1, 0.15) is 0 Å². The summed E-state index contributed by atoms with van der Waals surface area (Å²) < 4.78 is 1.99. The molecule has 4 heteroatoms. The third-order valence-corrected chi connectivity index (χ3v) is 3.70. The molecule has 2 aromatic rings. The lowest BCUT2D eigenvalue weighted by Gasteiger charge is -2.04. The lowest BCUT2D eigenvalue weighted by molar-refractivity contribution is 0.531. The van der Waals surface area contributed by atoms with Gasteiger partial charge in [-0.05, 0) is 42.7 Å². The molecule has 2 aromatic heterocycles. The van der Waals surface area contributed by atoms with E-state index in [0.29, 0.717) is 6.04 Å². The molecule has 2 rings (SSSR count). The van der Waals surface area contributed by atoms with Crippen LogP contribution in [0.15, 0.2) is 23.2 Å². The summed E-state index contributed by atoms with van der Waals surface area (Å²) in [5, 5.41) is 12.2. The molecule has 0 atom stereocenters. The summed E-state index contributed by atoms with van der Waals surface area (Å²) in [5.41, 5.74) is 4.01. The molecular weight excluding hydrogens is 230 g/mol. The topological polar surface area (TPSA) is 29.9 Å². The Morgan fingerprint density at radius 2 is 2.18 bits per heavy atom.